The molecule has 6 rings (SSSR count). The van der Waals surface area contributed by atoms with Crippen LogP contribution in [0.25, 0.3) is 6.08 Å². The van der Waals surface area contributed by atoms with Crippen molar-refractivity contribution >= 4 is 52.6 Å². The van der Waals surface area contributed by atoms with Gasteiger partial charge in [-0.25, -0.2) is 0 Å². The molecule has 11 heteroatoms. The zero-order valence-electron chi connectivity index (χ0n) is 28.8. The van der Waals surface area contributed by atoms with Gasteiger partial charge in [0.2, 0.25) is 5.91 Å². The molecule has 3 amide bonds. The summed E-state index contributed by atoms with van der Waals surface area (Å²) in [5.41, 5.74) is 3.73. The maximum atomic E-state index is 13.7. The molecular weight excluding hydrogens is 701 g/mol. The summed E-state index contributed by atoms with van der Waals surface area (Å²) < 4.78 is 5.90. The molecule has 0 heterocycles. The van der Waals surface area contributed by atoms with E-state index in [-0.39, 0.29) is 17.3 Å². The number of carbonyl (C=O) groups is 3. The van der Waals surface area contributed by atoms with E-state index in [4.69, 9.17) is 4.74 Å². The van der Waals surface area contributed by atoms with Crippen LogP contribution in [0.4, 0.5) is 17.1 Å². The van der Waals surface area contributed by atoms with Gasteiger partial charge in [-0.05, 0) is 83.4 Å². The van der Waals surface area contributed by atoms with E-state index in [0.717, 1.165) is 16.0 Å². The Morgan fingerprint density at radius 1 is 0.685 bits per heavy atom. The molecule has 0 spiro atoms. The smallest absolute Gasteiger partial charge is 0.272 e. The first-order chi connectivity index (χ1) is 26.3. The van der Waals surface area contributed by atoms with E-state index >= 15 is 0 Å². The standard InChI is InChI=1S/C43H34N4O6S/c48-41(33-14-8-3-9-15-33)46-39(28-30-16-24-37(25-17-30)53-29-31-10-4-1-5-11-31)42(49)44-35-20-26-38(27-21-35)54-40(32-12-6-2-7-13-32)43(50)45-34-18-22-36(23-19-34)47(51)52/h1-28,40H,29H2,(H,44,49)(H,45,50)(H,46,48)/b39-28-. The van der Waals surface area contributed by atoms with Crippen molar-refractivity contribution in [2.45, 2.75) is 16.8 Å². The summed E-state index contributed by atoms with van der Waals surface area (Å²) in [6.45, 7) is 0.413. The summed E-state index contributed by atoms with van der Waals surface area (Å²) in [5.74, 6) is -0.622. The number of anilines is 2. The topological polar surface area (TPSA) is 140 Å². The Morgan fingerprint density at radius 2 is 1.26 bits per heavy atom. The van der Waals surface area contributed by atoms with Crippen molar-refractivity contribution in [3.8, 4) is 5.75 Å². The Hall–Kier alpha value is -6.98. The quantitative estimate of drug-likeness (QED) is 0.0439. The summed E-state index contributed by atoms with van der Waals surface area (Å²) in [6, 6.07) is 47.5. The first kappa shape index (κ1) is 36.8. The fourth-order valence-corrected chi connectivity index (χ4v) is 6.26. The first-order valence-electron chi connectivity index (χ1n) is 16.8. The van der Waals surface area contributed by atoms with Crippen LogP contribution in [0.3, 0.4) is 0 Å². The van der Waals surface area contributed by atoms with Crippen LogP contribution in [0, 0.1) is 10.1 Å². The highest BCUT2D eigenvalue weighted by molar-refractivity contribution is 8.00. The predicted molar refractivity (Wildman–Crippen MR) is 211 cm³/mol. The molecular formula is C43H34N4O6S. The van der Waals surface area contributed by atoms with Gasteiger partial charge < -0.3 is 20.7 Å². The largest absolute Gasteiger partial charge is 0.489 e. The maximum absolute atomic E-state index is 13.7. The van der Waals surface area contributed by atoms with Gasteiger partial charge >= 0.3 is 0 Å². The average molecular weight is 735 g/mol. The molecule has 3 N–H and O–H groups in total. The summed E-state index contributed by atoms with van der Waals surface area (Å²) in [4.78, 5) is 51.6. The van der Waals surface area contributed by atoms with Gasteiger partial charge in [0, 0.05) is 34.0 Å². The van der Waals surface area contributed by atoms with Gasteiger partial charge in [0.1, 0.15) is 23.3 Å². The molecule has 1 atom stereocenters. The zero-order chi connectivity index (χ0) is 37.7. The first-order valence-corrected chi connectivity index (χ1v) is 17.7. The summed E-state index contributed by atoms with van der Waals surface area (Å²) in [7, 11) is 0. The minimum atomic E-state index is -0.653. The number of nitrogens with one attached hydrogen (secondary N) is 3. The second-order valence-corrected chi connectivity index (χ2v) is 13.1. The molecule has 0 fully saturated rings. The van der Waals surface area contributed by atoms with E-state index in [0.29, 0.717) is 34.9 Å². The lowest BCUT2D eigenvalue weighted by Crippen LogP contribution is -2.30. The Bertz CT molecular complexity index is 2230. The summed E-state index contributed by atoms with van der Waals surface area (Å²) >= 11 is 1.31. The van der Waals surface area contributed by atoms with E-state index in [9.17, 15) is 24.5 Å². The SMILES string of the molecule is O=C(Nc1ccc(SC(C(=O)Nc2ccc([N+](=O)[O-])cc2)c2ccccc2)cc1)/C(=C/c1ccc(OCc2ccccc2)cc1)NC(=O)c1ccccc1. The minimum Gasteiger partial charge on any atom is -0.489 e. The van der Waals surface area contributed by atoms with Crippen molar-refractivity contribution < 1.29 is 24.0 Å². The van der Waals surface area contributed by atoms with E-state index in [1.54, 1.807) is 84.9 Å². The number of carbonyl (C=O) groups excluding carboxylic acids is 3. The number of nitro benzene ring substituents is 1. The molecule has 0 saturated heterocycles. The molecule has 0 aliphatic heterocycles. The third-order valence-corrected chi connectivity index (χ3v) is 9.29. The van der Waals surface area contributed by atoms with Crippen LogP contribution in [0.1, 0.15) is 32.3 Å². The summed E-state index contributed by atoms with van der Waals surface area (Å²) in [6.07, 6.45) is 1.59. The molecule has 54 heavy (non-hydrogen) atoms. The van der Waals surface area contributed by atoms with Crippen molar-refractivity contribution in [3.05, 3.63) is 202 Å². The highest BCUT2D eigenvalue weighted by Crippen LogP contribution is 2.37. The number of amides is 3. The number of hydrogen-bond donors (Lipinski definition) is 3. The van der Waals surface area contributed by atoms with Crippen LogP contribution in [0.15, 0.2) is 174 Å². The van der Waals surface area contributed by atoms with Crippen molar-refractivity contribution in [2.24, 2.45) is 0 Å². The van der Waals surface area contributed by atoms with Gasteiger partial charge in [-0.15, -0.1) is 11.8 Å². The van der Waals surface area contributed by atoms with E-state index < -0.39 is 22.0 Å². The number of ether oxygens (including phenoxy) is 1. The molecule has 0 saturated carbocycles. The van der Waals surface area contributed by atoms with Crippen LogP contribution in [0.5, 0.6) is 5.75 Å². The van der Waals surface area contributed by atoms with E-state index in [2.05, 4.69) is 16.0 Å². The van der Waals surface area contributed by atoms with Crippen LogP contribution in [-0.4, -0.2) is 22.6 Å². The molecule has 6 aromatic rings. The third-order valence-electron chi connectivity index (χ3n) is 8.02. The van der Waals surface area contributed by atoms with Gasteiger partial charge in [0.05, 0.1) is 4.92 Å². The van der Waals surface area contributed by atoms with Gasteiger partial charge in [0.15, 0.2) is 0 Å². The molecule has 0 aliphatic rings. The molecule has 0 bridgehead atoms. The fraction of sp³-hybridized carbons (Fsp3) is 0.0465. The lowest BCUT2D eigenvalue weighted by molar-refractivity contribution is -0.384. The number of hydrogen-bond acceptors (Lipinski definition) is 7. The highest BCUT2D eigenvalue weighted by atomic mass is 32.2. The number of thioether (sulfide) groups is 1. The number of non-ortho nitro benzene ring substituents is 1. The van der Waals surface area contributed by atoms with Gasteiger partial charge in [-0.3, -0.25) is 24.5 Å². The zero-order valence-corrected chi connectivity index (χ0v) is 29.6. The van der Waals surface area contributed by atoms with Crippen LogP contribution < -0.4 is 20.7 Å². The van der Waals surface area contributed by atoms with Crippen LogP contribution in [0.2, 0.25) is 0 Å². The second kappa shape index (κ2) is 18.0. The summed E-state index contributed by atoms with van der Waals surface area (Å²) in [5, 5.41) is 18.9. The molecule has 0 aromatic heterocycles. The Labute approximate surface area is 316 Å². The lowest BCUT2D eigenvalue weighted by Gasteiger charge is -2.17. The molecule has 1 unspecified atom stereocenters. The van der Waals surface area contributed by atoms with E-state index in [1.807, 2.05) is 60.7 Å². The Balaban J connectivity index is 1.16. The molecule has 10 nitrogen and oxygen atoms in total. The lowest BCUT2D eigenvalue weighted by atomic mass is 10.1. The van der Waals surface area contributed by atoms with Gasteiger partial charge in [-0.2, -0.15) is 0 Å². The number of nitrogens with zero attached hydrogens (tertiary/aromatic N) is 1. The van der Waals surface area contributed by atoms with Crippen molar-refractivity contribution in [1.29, 1.82) is 0 Å². The normalized spacial score (nSPS) is 11.5. The number of benzene rings is 6. The number of nitro groups is 1. The average Bonchev–Trinajstić information content (AvgIpc) is 3.21. The molecule has 6 aromatic carbocycles. The van der Waals surface area contributed by atoms with Crippen LogP contribution in [-0.2, 0) is 16.2 Å². The predicted octanol–water partition coefficient (Wildman–Crippen LogP) is 9.06. The second-order valence-electron chi connectivity index (χ2n) is 11.9. The molecule has 0 radical (unpaired) electrons. The Kier molecular flexibility index (Phi) is 12.3. The van der Waals surface area contributed by atoms with Crippen molar-refractivity contribution in [1.82, 2.24) is 5.32 Å². The van der Waals surface area contributed by atoms with Crippen molar-refractivity contribution in [3.63, 3.8) is 0 Å². The fourth-order valence-electron chi connectivity index (χ4n) is 5.24. The van der Waals surface area contributed by atoms with Gasteiger partial charge in [0.25, 0.3) is 17.5 Å². The minimum absolute atomic E-state index is 0.0346. The molecule has 268 valence electrons. The third kappa shape index (κ3) is 10.3. The van der Waals surface area contributed by atoms with Gasteiger partial charge in [-0.1, -0.05) is 91.0 Å². The highest BCUT2D eigenvalue weighted by Gasteiger charge is 2.23. The van der Waals surface area contributed by atoms with Crippen molar-refractivity contribution in [2.75, 3.05) is 10.6 Å². The molecule has 0 aliphatic carbocycles. The van der Waals surface area contributed by atoms with E-state index in [1.165, 1.54) is 36.0 Å². The Morgan fingerprint density at radius 3 is 1.89 bits per heavy atom. The monoisotopic (exact) mass is 734 g/mol. The van der Waals surface area contributed by atoms with Crippen LogP contribution >= 0.6 is 11.8 Å². The maximum Gasteiger partial charge on any atom is 0.272 e. The number of rotatable bonds is 14.